The van der Waals surface area contributed by atoms with Gasteiger partial charge < -0.3 is 9.63 Å². The van der Waals surface area contributed by atoms with Crippen LogP contribution in [0.1, 0.15) is 39.0 Å². The molecule has 0 heterocycles. The van der Waals surface area contributed by atoms with Crippen molar-refractivity contribution in [2.24, 2.45) is 0 Å². The lowest BCUT2D eigenvalue weighted by atomic mass is 9.97. The predicted octanol–water partition coefficient (Wildman–Crippen LogP) is 4.43. The predicted molar refractivity (Wildman–Crippen MR) is 90.8 cm³/mol. The van der Waals surface area contributed by atoms with Crippen LogP contribution in [0, 0.1) is 0 Å². The number of hydrogen-bond donors (Lipinski definition) is 1. The maximum atomic E-state index is 13.8. The molecule has 22 heavy (non-hydrogen) atoms. The molecular formula is C18H23O3P. The Morgan fingerprint density at radius 3 is 2.50 bits per heavy atom. The zero-order valence-electron chi connectivity index (χ0n) is 13.0. The monoisotopic (exact) mass is 318 g/mol. The van der Waals surface area contributed by atoms with E-state index >= 15 is 0 Å². The topological polar surface area (TPSA) is 46.5 Å². The van der Waals surface area contributed by atoms with E-state index in [1.54, 1.807) is 0 Å². The molecule has 1 saturated carbocycles. The highest BCUT2D eigenvalue weighted by atomic mass is 31.2. The van der Waals surface area contributed by atoms with Gasteiger partial charge in [-0.25, -0.2) is 0 Å². The Hall–Kier alpha value is -1.15. The average molecular weight is 318 g/mol. The van der Waals surface area contributed by atoms with Crippen LogP contribution in [-0.4, -0.2) is 17.1 Å². The van der Waals surface area contributed by atoms with Gasteiger partial charge in [0.2, 0.25) is 0 Å². The van der Waals surface area contributed by atoms with Gasteiger partial charge in [-0.15, -0.1) is 0 Å². The van der Waals surface area contributed by atoms with Crippen LogP contribution < -0.4 is 5.30 Å². The molecule has 0 amide bonds. The van der Waals surface area contributed by atoms with Gasteiger partial charge in [0.05, 0.1) is 6.61 Å². The first-order valence-electron chi connectivity index (χ1n) is 8.06. The molecule has 0 aromatic heterocycles. The summed E-state index contributed by atoms with van der Waals surface area (Å²) in [6.07, 6.45) is 3.99. The Bertz CT molecular complexity index is 699. The number of rotatable bonds is 4. The Morgan fingerprint density at radius 2 is 1.77 bits per heavy atom. The van der Waals surface area contributed by atoms with Gasteiger partial charge in [0.25, 0.3) is 7.37 Å². The molecule has 3 nitrogen and oxygen atoms in total. The Labute approximate surface area is 131 Å². The fourth-order valence-electron chi connectivity index (χ4n) is 3.47. The minimum absolute atomic E-state index is 0.336. The summed E-state index contributed by atoms with van der Waals surface area (Å²) in [5, 5.41) is 12.5. The van der Waals surface area contributed by atoms with Crippen molar-refractivity contribution in [3.05, 3.63) is 42.5 Å². The third-order valence-corrected chi connectivity index (χ3v) is 7.79. The quantitative estimate of drug-likeness (QED) is 0.848. The second-order valence-electron chi connectivity index (χ2n) is 6.01. The zero-order chi connectivity index (χ0) is 15.6. The molecule has 1 aliphatic carbocycles. The van der Waals surface area contributed by atoms with Crippen molar-refractivity contribution in [3.8, 4) is 0 Å². The maximum absolute atomic E-state index is 13.8. The van der Waals surface area contributed by atoms with Crippen molar-refractivity contribution >= 4 is 23.4 Å². The molecule has 0 aliphatic heterocycles. The molecule has 0 spiro atoms. The van der Waals surface area contributed by atoms with E-state index in [9.17, 15) is 9.67 Å². The standard InChI is InChI=1S/C18H23O3P/c1-2-21-22(20,18(19)13-6-3-7-14-18)17-12-8-10-15-9-4-5-11-16(15)17/h4-5,8-12,19H,2-3,6-7,13-14H2,1H3. The van der Waals surface area contributed by atoms with E-state index in [2.05, 4.69) is 0 Å². The molecule has 0 bridgehead atoms. The Morgan fingerprint density at radius 1 is 1.09 bits per heavy atom. The van der Waals surface area contributed by atoms with Crippen LogP contribution in [0.2, 0.25) is 0 Å². The summed E-state index contributed by atoms with van der Waals surface area (Å²) in [6.45, 7) is 2.17. The largest absolute Gasteiger partial charge is 0.379 e. The van der Waals surface area contributed by atoms with Crippen molar-refractivity contribution in [1.29, 1.82) is 0 Å². The summed E-state index contributed by atoms with van der Waals surface area (Å²) < 4.78 is 19.6. The van der Waals surface area contributed by atoms with Crippen molar-refractivity contribution in [2.45, 2.75) is 44.4 Å². The molecule has 3 rings (SSSR count). The number of hydrogen-bond acceptors (Lipinski definition) is 3. The van der Waals surface area contributed by atoms with Crippen molar-refractivity contribution < 1.29 is 14.2 Å². The van der Waals surface area contributed by atoms with Gasteiger partial charge in [-0.05, 0) is 49.4 Å². The molecular weight excluding hydrogens is 295 g/mol. The third kappa shape index (κ3) is 2.52. The molecule has 118 valence electrons. The van der Waals surface area contributed by atoms with Crippen LogP contribution in [0.3, 0.4) is 0 Å². The summed E-state index contributed by atoms with van der Waals surface area (Å²) in [6, 6.07) is 13.6. The lowest BCUT2D eigenvalue weighted by Crippen LogP contribution is -2.36. The van der Waals surface area contributed by atoms with E-state index in [0.29, 0.717) is 24.8 Å². The van der Waals surface area contributed by atoms with Crippen LogP contribution in [-0.2, 0) is 9.09 Å². The highest BCUT2D eigenvalue weighted by Gasteiger charge is 2.50. The lowest BCUT2D eigenvalue weighted by Gasteiger charge is -2.38. The fraction of sp³-hybridized carbons (Fsp3) is 0.444. The second kappa shape index (κ2) is 6.16. The van der Waals surface area contributed by atoms with Crippen molar-refractivity contribution in [1.82, 2.24) is 0 Å². The molecule has 0 radical (unpaired) electrons. The molecule has 1 unspecified atom stereocenters. The summed E-state index contributed by atoms with van der Waals surface area (Å²) >= 11 is 0. The molecule has 1 N–H and O–H groups in total. The van der Waals surface area contributed by atoms with E-state index in [0.717, 1.165) is 30.0 Å². The third-order valence-electron chi connectivity index (χ3n) is 4.60. The van der Waals surface area contributed by atoms with E-state index in [1.165, 1.54) is 0 Å². The van der Waals surface area contributed by atoms with Gasteiger partial charge in [0, 0.05) is 5.30 Å². The highest BCUT2D eigenvalue weighted by Crippen LogP contribution is 2.62. The van der Waals surface area contributed by atoms with Crippen LogP contribution in [0.25, 0.3) is 10.8 Å². The summed E-state index contributed by atoms with van der Waals surface area (Å²) in [5.41, 5.74) is 0. The molecule has 0 saturated heterocycles. The van der Waals surface area contributed by atoms with Gasteiger partial charge >= 0.3 is 0 Å². The molecule has 2 aromatic carbocycles. The molecule has 1 fully saturated rings. The van der Waals surface area contributed by atoms with Gasteiger partial charge in [-0.1, -0.05) is 42.8 Å². The SMILES string of the molecule is CCOP(=O)(c1cccc2ccccc12)C1(O)CCCCC1. The van der Waals surface area contributed by atoms with Crippen molar-refractivity contribution in [2.75, 3.05) is 6.61 Å². The molecule has 1 aliphatic rings. The van der Waals surface area contributed by atoms with E-state index in [-0.39, 0.29) is 0 Å². The van der Waals surface area contributed by atoms with Crippen LogP contribution in [0.15, 0.2) is 42.5 Å². The maximum Gasteiger partial charge on any atom is 0.263 e. The van der Waals surface area contributed by atoms with Crippen LogP contribution >= 0.6 is 7.37 Å². The average Bonchev–Trinajstić information content (AvgIpc) is 2.55. The first-order valence-corrected chi connectivity index (χ1v) is 9.68. The van der Waals surface area contributed by atoms with Crippen molar-refractivity contribution in [3.63, 3.8) is 0 Å². The van der Waals surface area contributed by atoms with Gasteiger partial charge in [-0.3, -0.25) is 4.57 Å². The van der Waals surface area contributed by atoms with Crippen LogP contribution in [0.5, 0.6) is 0 Å². The number of aliphatic hydroxyl groups is 1. The first-order chi connectivity index (χ1) is 10.6. The van der Waals surface area contributed by atoms with Gasteiger partial charge in [0.15, 0.2) is 0 Å². The zero-order valence-corrected chi connectivity index (χ0v) is 13.9. The minimum atomic E-state index is -3.35. The van der Waals surface area contributed by atoms with E-state index in [1.807, 2.05) is 49.4 Å². The van der Waals surface area contributed by atoms with Gasteiger partial charge in [-0.2, -0.15) is 0 Å². The van der Waals surface area contributed by atoms with Crippen LogP contribution in [0.4, 0.5) is 0 Å². The first kappa shape index (κ1) is 15.7. The summed E-state index contributed by atoms with van der Waals surface area (Å²) in [5.74, 6) is 0. The molecule has 2 aromatic rings. The summed E-state index contributed by atoms with van der Waals surface area (Å²) in [7, 11) is -3.35. The number of benzene rings is 2. The fourth-order valence-corrected chi connectivity index (χ4v) is 6.37. The molecule has 1 atom stereocenters. The van der Waals surface area contributed by atoms with Gasteiger partial charge in [0.1, 0.15) is 5.34 Å². The Kier molecular flexibility index (Phi) is 4.40. The second-order valence-corrected chi connectivity index (χ2v) is 8.69. The summed E-state index contributed by atoms with van der Waals surface area (Å²) in [4.78, 5) is 0. The smallest absolute Gasteiger partial charge is 0.263 e. The number of fused-ring (bicyclic) bond motifs is 1. The highest BCUT2D eigenvalue weighted by molar-refractivity contribution is 7.68. The van der Waals surface area contributed by atoms with E-state index in [4.69, 9.17) is 4.52 Å². The lowest BCUT2D eigenvalue weighted by molar-refractivity contribution is 0.0664. The Balaban J connectivity index is 2.19. The molecule has 4 heteroatoms. The normalized spacial score (nSPS) is 20.6. The minimum Gasteiger partial charge on any atom is -0.379 e. The van der Waals surface area contributed by atoms with E-state index < -0.39 is 12.7 Å².